The van der Waals surface area contributed by atoms with Crippen molar-refractivity contribution in [3.63, 3.8) is 0 Å². The SMILES string of the molecule is C=CC(=O)N1CCN(c2nccnc2Nc2ccc(C(F)(F)F)nc2)C[C@@H]1C. The van der Waals surface area contributed by atoms with E-state index in [1.807, 2.05) is 11.8 Å². The molecule has 1 fully saturated rings. The highest BCUT2D eigenvalue weighted by Gasteiger charge is 2.32. The molecule has 1 saturated heterocycles. The molecule has 28 heavy (non-hydrogen) atoms. The highest BCUT2D eigenvalue weighted by atomic mass is 19.4. The Labute approximate surface area is 159 Å². The van der Waals surface area contributed by atoms with Gasteiger partial charge in [0.15, 0.2) is 11.6 Å². The summed E-state index contributed by atoms with van der Waals surface area (Å²) < 4.78 is 38.0. The summed E-state index contributed by atoms with van der Waals surface area (Å²) in [5, 5.41) is 2.97. The molecule has 0 radical (unpaired) electrons. The molecule has 3 heterocycles. The van der Waals surface area contributed by atoms with Gasteiger partial charge in [-0.2, -0.15) is 13.2 Å². The number of hydrogen-bond acceptors (Lipinski definition) is 6. The molecule has 0 spiro atoms. The summed E-state index contributed by atoms with van der Waals surface area (Å²) in [4.78, 5) is 27.6. The predicted molar refractivity (Wildman–Crippen MR) is 98.1 cm³/mol. The summed E-state index contributed by atoms with van der Waals surface area (Å²) in [5.41, 5.74) is -0.600. The van der Waals surface area contributed by atoms with Gasteiger partial charge in [0.1, 0.15) is 5.69 Å². The van der Waals surface area contributed by atoms with Crippen LogP contribution in [0.25, 0.3) is 0 Å². The molecule has 1 amide bonds. The molecule has 2 aromatic heterocycles. The molecule has 3 rings (SSSR count). The van der Waals surface area contributed by atoms with Crippen LogP contribution in [0.4, 0.5) is 30.5 Å². The summed E-state index contributed by atoms with van der Waals surface area (Å²) >= 11 is 0. The topological polar surface area (TPSA) is 74.2 Å². The first-order valence-corrected chi connectivity index (χ1v) is 8.59. The van der Waals surface area contributed by atoms with E-state index >= 15 is 0 Å². The van der Waals surface area contributed by atoms with Gasteiger partial charge in [0.05, 0.1) is 11.9 Å². The predicted octanol–water partition coefficient (Wildman–Crippen LogP) is 2.86. The van der Waals surface area contributed by atoms with Gasteiger partial charge in [0, 0.05) is 38.1 Å². The summed E-state index contributed by atoms with van der Waals surface area (Å²) in [7, 11) is 0. The van der Waals surface area contributed by atoms with Crippen molar-refractivity contribution in [1.29, 1.82) is 0 Å². The Kier molecular flexibility index (Phi) is 5.48. The first-order valence-electron chi connectivity index (χ1n) is 8.59. The molecule has 7 nitrogen and oxygen atoms in total. The third-order valence-corrected chi connectivity index (χ3v) is 4.38. The van der Waals surface area contributed by atoms with Gasteiger partial charge < -0.3 is 15.1 Å². The van der Waals surface area contributed by atoms with Crippen molar-refractivity contribution in [3.8, 4) is 0 Å². The summed E-state index contributed by atoms with van der Waals surface area (Å²) in [6, 6.07) is 2.14. The number of piperazine rings is 1. The Bertz CT molecular complexity index is 855. The largest absolute Gasteiger partial charge is 0.433 e. The number of nitrogens with one attached hydrogen (secondary N) is 1. The highest BCUT2D eigenvalue weighted by Crippen LogP contribution is 2.30. The van der Waals surface area contributed by atoms with Crippen LogP contribution in [0.3, 0.4) is 0 Å². The first kappa shape index (κ1) is 19.6. The van der Waals surface area contributed by atoms with Crippen LogP contribution in [-0.4, -0.2) is 51.4 Å². The monoisotopic (exact) mass is 392 g/mol. The fourth-order valence-electron chi connectivity index (χ4n) is 3.02. The number of anilines is 3. The number of nitrogens with zero attached hydrogens (tertiary/aromatic N) is 5. The average molecular weight is 392 g/mol. The highest BCUT2D eigenvalue weighted by molar-refractivity contribution is 5.87. The van der Waals surface area contributed by atoms with Crippen LogP contribution >= 0.6 is 0 Å². The van der Waals surface area contributed by atoms with Gasteiger partial charge in [-0.25, -0.2) is 15.0 Å². The summed E-state index contributed by atoms with van der Waals surface area (Å²) in [6.45, 7) is 7.03. The van der Waals surface area contributed by atoms with Crippen molar-refractivity contribution in [3.05, 3.63) is 49.1 Å². The van der Waals surface area contributed by atoms with Crippen LogP contribution in [0.2, 0.25) is 0 Å². The van der Waals surface area contributed by atoms with Crippen LogP contribution in [0, 0.1) is 0 Å². The Morgan fingerprint density at radius 2 is 2.00 bits per heavy atom. The number of aromatic nitrogens is 3. The van der Waals surface area contributed by atoms with Crippen molar-refractivity contribution in [2.45, 2.75) is 19.1 Å². The van der Waals surface area contributed by atoms with Crippen LogP contribution in [0.1, 0.15) is 12.6 Å². The van der Waals surface area contributed by atoms with E-state index in [4.69, 9.17) is 0 Å². The number of alkyl halides is 3. The molecule has 148 valence electrons. The molecule has 0 unspecified atom stereocenters. The number of amides is 1. The number of carbonyl (C=O) groups excluding carboxylic acids is 1. The smallest absolute Gasteiger partial charge is 0.350 e. The van der Waals surface area contributed by atoms with E-state index in [2.05, 4.69) is 26.8 Å². The number of hydrogen-bond donors (Lipinski definition) is 1. The van der Waals surface area contributed by atoms with Gasteiger partial charge in [-0.05, 0) is 25.1 Å². The maximum absolute atomic E-state index is 12.7. The second-order valence-electron chi connectivity index (χ2n) is 6.31. The van der Waals surface area contributed by atoms with Crippen LogP contribution in [0.15, 0.2) is 43.4 Å². The number of pyridine rings is 1. The normalized spacial score (nSPS) is 17.4. The zero-order chi connectivity index (χ0) is 20.3. The van der Waals surface area contributed by atoms with E-state index in [1.165, 1.54) is 24.5 Å². The Hall–Kier alpha value is -3.17. The van der Waals surface area contributed by atoms with Gasteiger partial charge in [-0.15, -0.1) is 0 Å². The van der Waals surface area contributed by atoms with Crippen molar-refractivity contribution in [1.82, 2.24) is 19.9 Å². The van der Waals surface area contributed by atoms with Crippen molar-refractivity contribution in [2.75, 3.05) is 29.9 Å². The molecule has 1 aliphatic rings. The van der Waals surface area contributed by atoms with Crippen molar-refractivity contribution >= 4 is 23.2 Å². The molecule has 0 saturated carbocycles. The summed E-state index contributed by atoms with van der Waals surface area (Å²) in [5.74, 6) is 0.833. The lowest BCUT2D eigenvalue weighted by Gasteiger charge is -2.40. The third kappa shape index (κ3) is 4.21. The van der Waals surface area contributed by atoms with Gasteiger partial charge >= 0.3 is 6.18 Å². The molecule has 0 bridgehead atoms. The minimum Gasteiger partial charge on any atom is -0.350 e. The van der Waals surface area contributed by atoms with Gasteiger partial charge in [0.25, 0.3) is 0 Å². The lowest BCUT2D eigenvalue weighted by atomic mass is 10.2. The second kappa shape index (κ2) is 7.83. The molecular weight excluding hydrogens is 373 g/mol. The molecule has 2 aromatic rings. The zero-order valence-corrected chi connectivity index (χ0v) is 15.1. The van der Waals surface area contributed by atoms with E-state index < -0.39 is 11.9 Å². The van der Waals surface area contributed by atoms with Gasteiger partial charge in [-0.1, -0.05) is 6.58 Å². The fraction of sp³-hybridized carbons (Fsp3) is 0.333. The number of carbonyl (C=O) groups is 1. The Balaban J connectivity index is 1.77. The zero-order valence-electron chi connectivity index (χ0n) is 15.1. The van der Waals surface area contributed by atoms with E-state index in [1.54, 1.807) is 4.90 Å². The van der Waals surface area contributed by atoms with Crippen molar-refractivity contribution in [2.24, 2.45) is 0 Å². The molecule has 0 aliphatic carbocycles. The quantitative estimate of drug-likeness (QED) is 0.807. The van der Waals surface area contributed by atoms with E-state index in [9.17, 15) is 18.0 Å². The minimum atomic E-state index is -4.49. The van der Waals surface area contributed by atoms with Gasteiger partial charge in [-0.3, -0.25) is 4.79 Å². The Morgan fingerprint density at radius 3 is 2.61 bits per heavy atom. The van der Waals surface area contributed by atoms with E-state index in [0.29, 0.717) is 37.0 Å². The molecular formula is C18H19F3N6O. The van der Waals surface area contributed by atoms with E-state index in [-0.39, 0.29) is 11.9 Å². The first-order chi connectivity index (χ1) is 13.3. The fourth-order valence-corrected chi connectivity index (χ4v) is 3.02. The second-order valence-corrected chi connectivity index (χ2v) is 6.31. The average Bonchev–Trinajstić information content (AvgIpc) is 2.67. The molecule has 0 aromatic carbocycles. The standard InChI is InChI=1S/C18H19F3N6O/c1-3-15(28)27-9-8-26(11-12(27)2)17-16(22-6-7-23-17)25-13-4-5-14(24-10-13)18(19,20)21/h3-7,10,12H,1,8-9,11H2,2H3,(H,22,25)/t12-/m0/s1. The molecule has 1 aliphatic heterocycles. The summed E-state index contributed by atoms with van der Waals surface area (Å²) in [6.07, 6.45) is 0.931. The molecule has 10 heteroatoms. The number of halogens is 3. The Morgan fingerprint density at radius 1 is 1.25 bits per heavy atom. The third-order valence-electron chi connectivity index (χ3n) is 4.38. The van der Waals surface area contributed by atoms with Crippen molar-refractivity contribution < 1.29 is 18.0 Å². The maximum Gasteiger partial charge on any atom is 0.433 e. The van der Waals surface area contributed by atoms with Crippen LogP contribution in [0.5, 0.6) is 0 Å². The molecule has 1 atom stereocenters. The van der Waals surface area contributed by atoms with Gasteiger partial charge in [0.2, 0.25) is 5.91 Å². The van der Waals surface area contributed by atoms with E-state index in [0.717, 1.165) is 12.3 Å². The number of rotatable bonds is 4. The van der Waals surface area contributed by atoms with Crippen LogP contribution < -0.4 is 10.2 Å². The lowest BCUT2D eigenvalue weighted by molar-refractivity contribution is -0.141. The van der Waals surface area contributed by atoms with Crippen LogP contribution in [-0.2, 0) is 11.0 Å². The maximum atomic E-state index is 12.7. The minimum absolute atomic E-state index is 0.0539. The lowest BCUT2D eigenvalue weighted by Crippen LogP contribution is -2.54. The molecule has 1 N–H and O–H groups in total.